The van der Waals surface area contributed by atoms with Crippen LogP contribution in [0.1, 0.15) is 66.8 Å². The van der Waals surface area contributed by atoms with Gasteiger partial charge in [-0.1, -0.05) is 31.7 Å². The van der Waals surface area contributed by atoms with Crippen LogP contribution in [0.2, 0.25) is 0 Å². The van der Waals surface area contributed by atoms with Crippen LogP contribution in [0.25, 0.3) is 0 Å². The Kier molecular flexibility index (Phi) is 5.89. The summed E-state index contributed by atoms with van der Waals surface area (Å²) in [5.41, 5.74) is 4.74. The average molecular weight is 440 g/mol. The van der Waals surface area contributed by atoms with E-state index in [-0.39, 0.29) is 23.6 Å². The first-order valence-corrected chi connectivity index (χ1v) is 11.9. The molecule has 3 N–H and O–H groups in total. The summed E-state index contributed by atoms with van der Waals surface area (Å²) in [6.45, 7) is 2.72. The fourth-order valence-electron chi connectivity index (χ4n) is 5.80. The second kappa shape index (κ2) is 8.81. The highest BCUT2D eigenvalue weighted by atomic mass is 19.1. The van der Waals surface area contributed by atoms with Crippen molar-refractivity contribution in [1.82, 2.24) is 5.32 Å². The third-order valence-corrected chi connectivity index (χ3v) is 7.46. The van der Waals surface area contributed by atoms with Crippen LogP contribution in [0.3, 0.4) is 0 Å². The molecule has 2 aliphatic heterocycles. The quantitative estimate of drug-likeness (QED) is 0.561. The fraction of sp³-hybridized carbons (Fsp3) is 0.500. The molecule has 170 valence electrons. The van der Waals surface area contributed by atoms with E-state index in [1.54, 1.807) is 12.1 Å². The van der Waals surface area contributed by atoms with E-state index in [0.29, 0.717) is 29.3 Å². The number of carbonyl (C=O) groups excluding carboxylic acids is 1. The van der Waals surface area contributed by atoms with E-state index in [1.807, 2.05) is 6.92 Å². The van der Waals surface area contributed by atoms with Gasteiger partial charge in [0.25, 0.3) is 0 Å². The monoisotopic (exact) mass is 439 g/mol. The molecule has 2 heterocycles. The lowest BCUT2D eigenvalue weighted by molar-refractivity contribution is -0.116. The lowest BCUT2D eigenvalue weighted by atomic mass is 9.82. The molecule has 1 amide bonds. The standard InChI is InChI=1S/C26H31F2N3O/c1-15-8-9-21(28)20-14-23(30-24(15)20)26(32)31-22-13-17(27)12-19-18(22)10-11-29-25(19)16-6-4-2-3-5-7-16/h8-9,12-13,16,23,25,29-30H,2-7,10-11,14H2,1H3,(H,31,32). The van der Waals surface area contributed by atoms with Gasteiger partial charge in [0, 0.05) is 29.4 Å². The van der Waals surface area contributed by atoms with Crippen LogP contribution in [0.5, 0.6) is 0 Å². The minimum atomic E-state index is -0.570. The third kappa shape index (κ3) is 4.01. The largest absolute Gasteiger partial charge is 0.373 e. The molecule has 4 nitrogen and oxygen atoms in total. The van der Waals surface area contributed by atoms with E-state index in [9.17, 15) is 13.6 Å². The van der Waals surface area contributed by atoms with Crippen molar-refractivity contribution in [3.63, 3.8) is 0 Å². The molecular weight excluding hydrogens is 408 g/mol. The molecule has 2 atom stereocenters. The number of benzene rings is 2. The molecule has 2 unspecified atom stereocenters. The molecular formula is C26H31F2N3O. The van der Waals surface area contributed by atoms with Crippen molar-refractivity contribution in [3.8, 4) is 0 Å². The van der Waals surface area contributed by atoms with Crippen LogP contribution in [0.4, 0.5) is 20.2 Å². The summed E-state index contributed by atoms with van der Waals surface area (Å²) in [6, 6.07) is 5.80. The first-order chi connectivity index (χ1) is 15.5. The Morgan fingerprint density at radius 3 is 2.59 bits per heavy atom. The van der Waals surface area contributed by atoms with Crippen molar-refractivity contribution >= 4 is 17.3 Å². The number of halogens is 2. The molecule has 2 aromatic carbocycles. The Bertz CT molecular complexity index is 999. The minimum Gasteiger partial charge on any atom is -0.373 e. The summed E-state index contributed by atoms with van der Waals surface area (Å²) in [6.07, 6.45) is 8.35. The van der Waals surface area contributed by atoms with Crippen LogP contribution in [0.15, 0.2) is 24.3 Å². The molecule has 2 aromatic rings. The Morgan fingerprint density at radius 1 is 1.06 bits per heavy atom. The van der Waals surface area contributed by atoms with Gasteiger partial charge in [-0.15, -0.1) is 0 Å². The number of amides is 1. The summed E-state index contributed by atoms with van der Waals surface area (Å²) < 4.78 is 28.9. The summed E-state index contributed by atoms with van der Waals surface area (Å²) in [7, 11) is 0. The molecule has 0 bridgehead atoms. The fourth-order valence-corrected chi connectivity index (χ4v) is 5.80. The zero-order valence-corrected chi connectivity index (χ0v) is 18.6. The molecule has 0 saturated heterocycles. The van der Waals surface area contributed by atoms with Gasteiger partial charge in [0.1, 0.15) is 17.7 Å². The Hall–Kier alpha value is -2.47. The van der Waals surface area contributed by atoms with Gasteiger partial charge >= 0.3 is 0 Å². The molecule has 0 aromatic heterocycles. The van der Waals surface area contributed by atoms with Gasteiger partial charge in [-0.2, -0.15) is 0 Å². The summed E-state index contributed by atoms with van der Waals surface area (Å²) in [5.74, 6) is -0.379. The first-order valence-electron chi connectivity index (χ1n) is 11.9. The highest BCUT2D eigenvalue weighted by Crippen LogP contribution is 2.39. The van der Waals surface area contributed by atoms with Gasteiger partial charge < -0.3 is 16.0 Å². The van der Waals surface area contributed by atoms with Gasteiger partial charge in [0.15, 0.2) is 0 Å². The maximum atomic E-state index is 14.7. The normalized spacial score (nSPS) is 23.1. The molecule has 0 spiro atoms. The number of fused-ring (bicyclic) bond motifs is 2. The number of anilines is 2. The first kappa shape index (κ1) is 21.4. The predicted octanol–water partition coefficient (Wildman–Crippen LogP) is 5.41. The third-order valence-electron chi connectivity index (χ3n) is 7.46. The number of hydrogen-bond acceptors (Lipinski definition) is 3. The van der Waals surface area contributed by atoms with E-state index in [1.165, 1.54) is 37.8 Å². The highest BCUT2D eigenvalue weighted by Gasteiger charge is 2.33. The van der Waals surface area contributed by atoms with Crippen molar-refractivity contribution in [2.24, 2.45) is 5.92 Å². The van der Waals surface area contributed by atoms with Gasteiger partial charge in [0.05, 0.1) is 0 Å². The molecule has 1 aliphatic carbocycles. The number of nitrogens with one attached hydrogen (secondary N) is 3. The SMILES string of the molecule is Cc1ccc(F)c2c1NC(C(=O)Nc1cc(F)cc3c1CCNC3C1CCCCCC1)C2. The molecule has 1 saturated carbocycles. The zero-order valence-electron chi connectivity index (χ0n) is 18.6. The second-order valence-electron chi connectivity index (χ2n) is 9.56. The smallest absolute Gasteiger partial charge is 0.247 e. The number of hydrogen-bond donors (Lipinski definition) is 3. The average Bonchev–Trinajstić information content (AvgIpc) is 3.07. The Labute approximate surface area is 188 Å². The van der Waals surface area contributed by atoms with Gasteiger partial charge in [-0.3, -0.25) is 4.79 Å². The van der Waals surface area contributed by atoms with Crippen LogP contribution in [-0.4, -0.2) is 18.5 Å². The van der Waals surface area contributed by atoms with Crippen molar-refractivity contribution in [2.45, 2.75) is 70.4 Å². The van der Waals surface area contributed by atoms with Gasteiger partial charge in [0.2, 0.25) is 5.91 Å². The Morgan fingerprint density at radius 2 is 1.84 bits per heavy atom. The van der Waals surface area contributed by atoms with E-state index in [2.05, 4.69) is 16.0 Å². The number of carbonyl (C=O) groups is 1. The molecule has 5 rings (SSSR count). The molecule has 0 radical (unpaired) electrons. The molecule has 32 heavy (non-hydrogen) atoms. The number of aryl methyl sites for hydroxylation is 1. The van der Waals surface area contributed by atoms with Crippen molar-refractivity contribution in [3.05, 3.63) is 58.2 Å². The van der Waals surface area contributed by atoms with Crippen LogP contribution >= 0.6 is 0 Å². The lowest BCUT2D eigenvalue weighted by Crippen LogP contribution is -2.37. The highest BCUT2D eigenvalue weighted by molar-refractivity contribution is 5.99. The van der Waals surface area contributed by atoms with E-state index in [0.717, 1.165) is 42.5 Å². The van der Waals surface area contributed by atoms with Gasteiger partial charge in [-0.25, -0.2) is 8.78 Å². The summed E-state index contributed by atoms with van der Waals surface area (Å²) >= 11 is 0. The van der Waals surface area contributed by atoms with Crippen LogP contribution in [0, 0.1) is 24.5 Å². The lowest BCUT2D eigenvalue weighted by Gasteiger charge is -2.34. The Balaban J connectivity index is 1.39. The maximum Gasteiger partial charge on any atom is 0.247 e. The minimum absolute atomic E-state index is 0.133. The zero-order chi connectivity index (χ0) is 22.2. The van der Waals surface area contributed by atoms with E-state index >= 15 is 0 Å². The molecule has 3 aliphatic rings. The molecule has 6 heteroatoms. The molecule has 1 fully saturated rings. The second-order valence-corrected chi connectivity index (χ2v) is 9.56. The topological polar surface area (TPSA) is 53.2 Å². The van der Waals surface area contributed by atoms with Crippen LogP contribution < -0.4 is 16.0 Å². The van der Waals surface area contributed by atoms with Gasteiger partial charge in [-0.05, 0) is 73.5 Å². The van der Waals surface area contributed by atoms with Crippen molar-refractivity contribution in [1.29, 1.82) is 0 Å². The van der Waals surface area contributed by atoms with E-state index in [4.69, 9.17) is 0 Å². The maximum absolute atomic E-state index is 14.7. The van der Waals surface area contributed by atoms with Crippen molar-refractivity contribution in [2.75, 3.05) is 17.2 Å². The number of rotatable bonds is 3. The van der Waals surface area contributed by atoms with Crippen LogP contribution in [-0.2, 0) is 17.6 Å². The summed E-state index contributed by atoms with van der Waals surface area (Å²) in [5, 5.41) is 9.76. The van der Waals surface area contributed by atoms with Crippen molar-refractivity contribution < 1.29 is 13.6 Å². The van der Waals surface area contributed by atoms with E-state index < -0.39 is 6.04 Å². The predicted molar refractivity (Wildman–Crippen MR) is 123 cm³/mol. The summed E-state index contributed by atoms with van der Waals surface area (Å²) in [4.78, 5) is 13.1.